The number of hydrogen-bond acceptors (Lipinski definition) is 1. The van der Waals surface area contributed by atoms with Gasteiger partial charge >= 0.3 is 0 Å². The number of imidazole rings is 1. The Labute approximate surface area is 93.8 Å². The zero-order chi connectivity index (χ0) is 11.1. The molecule has 3 aromatic heterocycles. The SMILES string of the molecule is Cc1cc(C)n2c(-c3ccc[nH]3)cnc2c1. The third kappa shape index (κ3) is 1.25. The van der Waals surface area contributed by atoms with Crippen LogP contribution in [-0.4, -0.2) is 14.4 Å². The van der Waals surface area contributed by atoms with Crippen molar-refractivity contribution in [1.29, 1.82) is 0 Å². The number of fused-ring (bicyclic) bond motifs is 1. The molecule has 0 atom stereocenters. The summed E-state index contributed by atoms with van der Waals surface area (Å²) in [6.07, 6.45) is 3.84. The van der Waals surface area contributed by atoms with E-state index in [4.69, 9.17) is 0 Å². The number of nitrogens with zero attached hydrogens (tertiary/aromatic N) is 2. The molecule has 3 heteroatoms. The topological polar surface area (TPSA) is 33.1 Å². The van der Waals surface area contributed by atoms with Gasteiger partial charge in [-0.3, -0.25) is 4.40 Å². The molecule has 0 saturated heterocycles. The normalized spacial score (nSPS) is 11.1. The molecule has 3 nitrogen and oxygen atoms in total. The molecule has 0 aliphatic heterocycles. The van der Waals surface area contributed by atoms with Gasteiger partial charge in [-0.05, 0) is 43.7 Å². The quantitative estimate of drug-likeness (QED) is 0.659. The van der Waals surface area contributed by atoms with E-state index in [1.807, 2.05) is 18.5 Å². The third-order valence-electron chi connectivity index (χ3n) is 2.81. The van der Waals surface area contributed by atoms with E-state index in [0.717, 1.165) is 17.0 Å². The summed E-state index contributed by atoms with van der Waals surface area (Å²) in [7, 11) is 0. The van der Waals surface area contributed by atoms with E-state index >= 15 is 0 Å². The lowest BCUT2D eigenvalue weighted by Gasteiger charge is -2.05. The van der Waals surface area contributed by atoms with Crippen molar-refractivity contribution in [1.82, 2.24) is 14.4 Å². The molecule has 0 aromatic carbocycles. The van der Waals surface area contributed by atoms with Crippen LogP contribution >= 0.6 is 0 Å². The highest BCUT2D eigenvalue weighted by atomic mass is 15.0. The van der Waals surface area contributed by atoms with Gasteiger partial charge in [0.1, 0.15) is 5.65 Å². The minimum absolute atomic E-state index is 1.00. The van der Waals surface area contributed by atoms with E-state index in [2.05, 4.69) is 46.4 Å². The second kappa shape index (κ2) is 3.23. The van der Waals surface area contributed by atoms with E-state index in [1.54, 1.807) is 0 Å². The minimum atomic E-state index is 1.00. The van der Waals surface area contributed by atoms with Crippen LogP contribution < -0.4 is 0 Å². The molecule has 0 saturated carbocycles. The highest BCUT2D eigenvalue weighted by Gasteiger charge is 2.08. The number of aryl methyl sites for hydroxylation is 2. The molecule has 3 aromatic rings. The summed E-state index contributed by atoms with van der Waals surface area (Å²) in [5.74, 6) is 0. The Bertz CT molecular complexity index is 633. The zero-order valence-corrected chi connectivity index (χ0v) is 9.36. The summed E-state index contributed by atoms with van der Waals surface area (Å²) >= 11 is 0. The highest BCUT2D eigenvalue weighted by Crippen LogP contribution is 2.21. The van der Waals surface area contributed by atoms with Gasteiger partial charge < -0.3 is 4.98 Å². The highest BCUT2D eigenvalue weighted by molar-refractivity contribution is 5.61. The van der Waals surface area contributed by atoms with Crippen molar-refractivity contribution in [2.24, 2.45) is 0 Å². The third-order valence-corrected chi connectivity index (χ3v) is 2.81. The molecular formula is C13H13N3. The van der Waals surface area contributed by atoms with Crippen LogP contribution in [0.15, 0.2) is 36.7 Å². The van der Waals surface area contributed by atoms with Crippen LogP contribution in [0.3, 0.4) is 0 Å². The Hall–Kier alpha value is -2.03. The van der Waals surface area contributed by atoms with Gasteiger partial charge in [-0.25, -0.2) is 4.98 Å². The molecule has 80 valence electrons. The maximum atomic E-state index is 4.44. The first-order valence-corrected chi connectivity index (χ1v) is 5.34. The number of pyridine rings is 1. The summed E-state index contributed by atoms with van der Waals surface area (Å²) in [4.78, 5) is 7.65. The molecule has 0 aliphatic carbocycles. The summed E-state index contributed by atoms with van der Waals surface area (Å²) in [5.41, 5.74) is 5.66. The molecule has 3 heterocycles. The lowest BCUT2D eigenvalue weighted by Crippen LogP contribution is -1.94. The minimum Gasteiger partial charge on any atom is -0.360 e. The first-order valence-electron chi connectivity index (χ1n) is 5.34. The number of aromatic amines is 1. The van der Waals surface area contributed by atoms with Crippen molar-refractivity contribution in [3.63, 3.8) is 0 Å². The summed E-state index contributed by atoms with van der Waals surface area (Å²) < 4.78 is 2.17. The summed E-state index contributed by atoms with van der Waals surface area (Å²) in [5, 5.41) is 0. The second-order valence-corrected chi connectivity index (χ2v) is 4.09. The van der Waals surface area contributed by atoms with Crippen LogP contribution in [0.1, 0.15) is 11.3 Å². The summed E-state index contributed by atoms with van der Waals surface area (Å²) in [6.45, 7) is 4.20. The van der Waals surface area contributed by atoms with Gasteiger partial charge in [-0.15, -0.1) is 0 Å². The van der Waals surface area contributed by atoms with Crippen molar-refractivity contribution in [2.45, 2.75) is 13.8 Å². The van der Waals surface area contributed by atoms with Gasteiger partial charge in [0.2, 0.25) is 0 Å². The molecule has 0 bridgehead atoms. The predicted molar refractivity (Wildman–Crippen MR) is 64.5 cm³/mol. The van der Waals surface area contributed by atoms with Crippen LogP contribution in [0.2, 0.25) is 0 Å². The van der Waals surface area contributed by atoms with Crippen LogP contribution in [0.25, 0.3) is 17.0 Å². The van der Waals surface area contributed by atoms with E-state index in [1.165, 1.54) is 11.3 Å². The lowest BCUT2D eigenvalue weighted by molar-refractivity contribution is 1.08. The van der Waals surface area contributed by atoms with Gasteiger partial charge in [0.05, 0.1) is 17.6 Å². The smallest absolute Gasteiger partial charge is 0.137 e. The second-order valence-electron chi connectivity index (χ2n) is 4.09. The van der Waals surface area contributed by atoms with Crippen molar-refractivity contribution in [3.8, 4) is 11.4 Å². The average Bonchev–Trinajstić information content (AvgIpc) is 2.82. The fraction of sp³-hybridized carbons (Fsp3) is 0.154. The number of hydrogen-bond donors (Lipinski definition) is 1. The largest absolute Gasteiger partial charge is 0.360 e. The molecule has 0 aliphatic rings. The predicted octanol–water partition coefficient (Wildman–Crippen LogP) is 2.95. The fourth-order valence-electron chi connectivity index (χ4n) is 2.16. The maximum absolute atomic E-state index is 4.44. The standard InChI is InChI=1S/C13H13N3/c1-9-6-10(2)16-12(8-15-13(16)7-9)11-4-3-5-14-11/h3-8,14H,1-2H3. The van der Waals surface area contributed by atoms with E-state index in [0.29, 0.717) is 0 Å². The van der Waals surface area contributed by atoms with Crippen molar-refractivity contribution in [3.05, 3.63) is 47.9 Å². The molecule has 0 spiro atoms. The molecular weight excluding hydrogens is 198 g/mol. The van der Waals surface area contributed by atoms with Gasteiger partial charge in [-0.2, -0.15) is 0 Å². The Kier molecular flexibility index (Phi) is 1.86. The molecule has 1 N–H and O–H groups in total. The van der Waals surface area contributed by atoms with E-state index < -0.39 is 0 Å². The Morgan fingerprint density at radius 2 is 2.12 bits per heavy atom. The van der Waals surface area contributed by atoms with Crippen molar-refractivity contribution in [2.75, 3.05) is 0 Å². The Morgan fingerprint density at radius 3 is 2.88 bits per heavy atom. The van der Waals surface area contributed by atoms with Gasteiger partial charge in [0, 0.05) is 11.9 Å². The van der Waals surface area contributed by atoms with Gasteiger partial charge in [-0.1, -0.05) is 0 Å². The first-order chi connectivity index (χ1) is 7.75. The molecule has 0 amide bonds. The number of H-pyrrole nitrogens is 1. The molecule has 0 fully saturated rings. The fourth-order valence-corrected chi connectivity index (χ4v) is 2.16. The number of aromatic nitrogens is 3. The number of rotatable bonds is 1. The lowest BCUT2D eigenvalue weighted by atomic mass is 10.2. The van der Waals surface area contributed by atoms with Gasteiger partial charge in [0.25, 0.3) is 0 Å². The summed E-state index contributed by atoms with van der Waals surface area (Å²) in [6, 6.07) is 8.32. The van der Waals surface area contributed by atoms with E-state index in [9.17, 15) is 0 Å². The van der Waals surface area contributed by atoms with Crippen molar-refractivity contribution >= 4 is 5.65 Å². The zero-order valence-electron chi connectivity index (χ0n) is 9.36. The number of nitrogens with one attached hydrogen (secondary N) is 1. The van der Waals surface area contributed by atoms with Crippen LogP contribution in [0.4, 0.5) is 0 Å². The van der Waals surface area contributed by atoms with Gasteiger partial charge in [0.15, 0.2) is 0 Å². The Balaban J connectivity index is 2.36. The monoisotopic (exact) mass is 211 g/mol. The van der Waals surface area contributed by atoms with E-state index in [-0.39, 0.29) is 0 Å². The molecule has 16 heavy (non-hydrogen) atoms. The first kappa shape index (κ1) is 9.21. The Morgan fingerprint density at radius 1 is 1.25 bits per heavy atom. The average molecular weight is 211 g/mol. The molecule has 0 unspecified atom stereocenters. The maximum Gasteiger partial charge on any atom is 0.137 e. The molecule has 3 rings (SSSR count). The van der Waals surface area contributed by atoms with Crippen LogP contribution in [-0.2, 0) is 0 Å². The van der Waals surface area contributed by atoms with Crippen LogP contribution in [0, 0.1) is 13.8 Å². The van der Waals surface area contributed by atoms with Crippen molar-refractivity contribution < 1.29 is 0 Å². The van der Waals surface area contributed by atoms with Crippen LogP contribution in [0.5, 0.6) is 0 Å². The molecule has 0 radical (unpaired) electrons.